The fourth-order valence-corrected chi connectivity index (χ4v) is 6.31. The van der Waals surface area contributed by atoms with Gasteiger partial charge in [0.25, 0.3) is 0 Å². The van der Waals surface area contributed by atoms with E-state index >= 15 is 0 Å². The summed E-state index contributed by atoms with van der Waals surface area (Å²) in [4.78, 5) is 65.8. The number of rotatable bonds is 9. The zero-order valence-electron chi connectivity index (χ0n) is 33.8. The van der Waals surface area contributed by atoms with E-state index < -0.39 is 5.97 Å². The molecule has 6 rings (SSSR count). The Morgan fingerprint density at radius 2 is 1.12 bits per heavy atom. The second-order valence-corrected chi connectivity index (χ2v) is 13.9. The molecule has 0 radical (unpaired) electrons. The second kappa shape index (κ2) is 23.8. The van der Waals surface area contributed by atoms with Gasteiger partial charge in [-0.3, -0.25) is 14.9 Å². The van der Waals surface area contributed by atoms with Gasteiger partial charge in [-0.2, -0.15) is 0 Å². The summed E-state index contributed by atoms with van der Waals surface area (Å²) in [6, 6.07) is 18.1. The van der Waals surface area contributed by atoms with Crippen LogP contribution in [0.3, 0.4) is 0 Å². The lowest BCUT2D eigenvalue weighted by atomic mass is 10.2. The summed E-state index contributed by atoms with van der Waals surface area (Å²) in [5, 5.41) is 3.46. The molecule has 2 fully saturated rings. The monoisotopic (exact) mass is 880 g/mol. The van der Waals surface area contributed by atoms with E-state index in [4.69, 9.17) is 0 Å². The van der Waals surface area contributed by atoms with Gasteiger partial charge in [0.05, 0.1) is 43.3 Å². The Kier molecular flexibility index (Phi) is 18.6. The molecule has 0 spiro atoms. The summed E-state index contributed by atoms with van der Waals surface area (Å²) in [5.41, 5.74) is 3.53. The number of benzene rings is 2. The van der Waals surface area contributed by atoms with E-state index in [0.717, 1.165) is 58.1 Å². The van der Waals surface area contributed by atoms with Gasteiger partial charge in [-0.15, -0.1) is 0 Å². The summed E-state index contributed by atoms with van der Waals surface area (Å²) >= 11 is 3.26. The van der Waals surface area contributed by atoms with Crippen LogP contribution in [0.4, 0.5) is 29.7 Å². The van der Waals surface area contributed by atoms with Crippen LogP contribution in [0.2, 0.25) is 0 Å². The van der Waals surface area contributed by atoms with E-state index in [0.29, 0.717) is 46.6 Å². The number of anilines is 2. The van der Waals surface area contributed by atoms with Gasteiger partial charge in [-0.1, -0.05) is 29.8 Å². The highest BCUT2D eigenvalue weighted by Crippen LogP contribution is 2.21. The number of esters is 2. The van der Waals surface area contributed by atoms with Crippen LogP contribution >= 0.6 is 15.9 Å². The molecule has 4 amide bonds. The van der Waals surface area contributed by atoms with Crippen molar-refractivity contribution in [2.75, 3.05) is 89.9 Å². The Hall–Kier alpha value is -5.52. The third-order valence-corrected chi connectivity index (χ3v) is 10.2. The van der Waals surface area contributed by atoms with Gasteiger partial charge < -0.3 is 34.4 Å². The molecule has 0 unspecified atom stereocenters. The highest BCUT2D eigenvalue weighted by molar-refractivity contribution is 9.08. The van der Waals surface area contributed by atoms with Crippen molar-refractivity contribution in [2.24, 2.45) is 0 Å². The van der Waals surface area contributed by atoms with Crippen molar-refractivity contribution < 1.29 is 37.4 Å². The standard InChI is InChI=1S/C21H25FN4O3.C13H18FN3O.C8H8BrNO2/c1-3-24-10-12-25(13-11-24)21(28)26(19-8-5-17(22)6-9-19)15-18-7-4-16(14-23-18)20(27)29-2;1-2-16-7-9-17(10-8-16)13(18)15-12-5-3-11(14)4-6-12;1-12-8(11)6-2-3-7(4-9)10-5-6/h4-9,14H,3,10-13,15H2,1-2H3;3-6H,2,7-10H2,1H3,(H,15,18);2-3,5H,4H2,1H3. The van der Waals surface area contributed by atoms with E-state index in [1.54, 1.807) is 63.2 Å². The first-order valence-electron chi connectivity index (χ1n) is 19.2. The maximum Gasteiger partial charge on any atom is 0.339 e. The summed E-state index contributed by atoms with van der Waals surface area (Å²) in [5.74, 6) is -1.49. The van der Waals surface area contributed by atoms with Crippen molar-refractivity contribution >= 4 is 51.3 Å². The Labute approximate surface area is 352 Å². The molecule has 2 aromatic carbocycles. The molecule has 4 aromatic rings. The van der Waals surface area contributed by atoms with Crippen LogP contribution in [0.15, 0.2) is 85.2 Å². The number of likely N-dealkylation sites (N-methyl/N-ethyl adjacent to an activating group) is 2. The average molecular weight is 882 g/mol. The normalized spacial score (nSPS) is 14.2. The van der Waals surface area contributed by atoms with Gasteiger partial charge in [0.2, 0.25) is 0 Å². The lowest BCUT2D eigenvalue weighted by Gasteiger charge is -2.37. The summed E-state index contributed by atoms with van der Waals surface area (Å²) in [6.07, 6.45) is 2.93. The lowest BCUT2D eigenvalue weighted by molar-refractivity contribution is 0.0591. The van der Waals surface area contributed by atoms with Crippen LogP contribution in [-0.2, 0) is 21.3 Å². The number of alkyl halides is 1. The minimum absolute atomic E-state index is 0.114. The van der Waals surface area contributed by atoms with Gasteiger partial charge in [0.1, 0.15) is 11.6 Å². The van der Waals surface area contributed by atoms with Crippen molar-refractivity contribution in [1.82, 2.24) is 29.6 Å². The minimum Gasteiger partial charge on any atom is -0.465 e. The van der Waals surface area contributed by atoms with Crippen molar-refractivity contribution in [2.45, 2.75) is 25.7 Å². The number of nitrogens with one attached hydrogen (secondary N) is 1. The number of ether oxygens (including phenoxy) is 2. The van der Waals surface area contributed by atoms with Crippen LogP contribution in [-0.4, -0.2) is 133 Å². The molecule has 17 heteroatoms. The number of methoxy groups -OCH3 is 2. The van der Waals surface area contributed by atoms with E-state index in [1.165, 1.54) is 50.9 Å². The first-order valence-corrected chi connectivity index (χ1v) is 20.3. The number of carbonyl (C=O) groups is 4. The fourth-order valence-electron chi connectivity index (χ4n) is 5.98. The number of amides is 4. The Balaban J connectivity index is 0.000000217. The molecule has 0 saturated carbocycles. The van der Waals surface area contributed by atoms with Gasteiger partial charge in [-0.05, 0) is 85.9 Å². The van der Waals surface area contributed by atoms with Crippen molar-refractivity contribution in [3.63, 3.8) is 0 Å². The maximum absolute atomic E-state index is 13.4. The zero-order chi connectivity index (χ0) is 42.7. The molecule has 2 aliphatic rings. The van der Waals surface area contributed by atoms with Gasteiger partial charge >= 0.3 is 24.0 Å². The van der Waals surface area contributed by atoms with Crippen LogP contribution in [0.5, 0.6) is 0 Å². The SMILES string of the molecule is CCN1CCN(C(=O)N(Cc2ccc(C(=O)OC)cn2)c2ccc(F)cc2)CC1.CCN1CCN(C(=O)Nc2ccc(F)cc2)CC1.COC(=O)c1ccc(CBr)nc1. The fraction of sp³-hybridized carbons (Fsp3) is 0.381. The topological polar surface area (TPSA) is 141 Å². The number of pyridine rings is 2. The Bertz CT molecular complexity index is 1930. The van der Waals surface area contributed by atoms with Crippen molar-refractivity contribution in [3.05, 3.63) is 119 Å². The number of piperazine rings is 2. The molecule has 1 N–H and O–H groups in total. The lowest BCUT2D eigenvalue weighted by Crippen LogP contribution is -2.52. The molecule has 2 aliphatic heterocycles. The molecule has 2 saturated heterocycles. The van der Waals surface area contributed by atoms with Crippen LogP contribution in [0, 0.1) is 11.6 Å². The minimum atomic E-state index is -0.468. The third kappa shape index (κ3) is 14.4. The van der Waals surface area contributed by atoms with Crippen molar-refractivity contribution in [1.29, 1.82) is 0 Å². The molecule has 0 atom stereocenters. The first-order chi connectivity index (χ1) is 28.5. The zero-order valence-corrected chi connectivity index (χ0v) is 35.4. The number of urea groups is 2. The second-order valence-electron chi connectivity index (χ2n) is 13.3. The van der Waals surface area contributed by atoms with E-state index in [2.05, 4.69) is 64.3 Å². The molecule has 0 bridgehead atoms. The smallest absolute Gasteiger partial charge is 0.339 e. The third-order valence-electron chi connectivity index (χ3n) is 9.61. The molecule has 2 aromatic heterocycles. The summed E-state index contributed by atoms with van der Waals surface area (Å²) < 4.78 is 35.3. The Morgan fingerprint density at radius 1 is 0.661 bits per heavy atom. The number of aromatic nitrogens is 2. The molecule has 316 valence electrons. The molecular weight excluding hydrogens is 830 g/mol. The molecule has 59 heavy (non-hydrogen) atoms. The van der Waals surface area contributed by atoms with Gasteiger partial charge in [0, 0.05) is 81.5 Å². The number of hydrogen-bond acceptors (Lipinski definition) is 10. The maximum atomic E-state index is 13.4. The van der Waals surface area contributed by atoms with E-state index in [1.807, 2.05) is 0 Å². The predicted octanol–water partition coefficient (Wildman–Crippen LogP) is 6.53. The predicted molar refractivity (Wildman–Crippen MR) is 225 cm³/mol. The van der Waals surface area contributed by atoms with Crippen molar-refractivity contribution in [3.8, 4) is 0 Å². The largest absolute Gasteiger partial charge is 0.465 e. The number of hydrogen-bond donors (Lipinski definition) is 1. The van der Waals surface area contributed by atoms with Gasteiger partial charge in [-0.25, -0.2) is 28.0 Å². The molecule has 0 aliphatic carbocycles. The first kappa shape index (κ1) is 46.2. The van der Waals surface area contributed by atoms with Crippen LogP contribution in [0.25, 0.3) is 0 Å². The van der Waals surface area contributed by atoms with E-state index in [9.17, 15) is 28.0 Å². The molecular formula is C42H51BrF2N8O6. The number of halogens is 3. The molecule has 14 nitrogen and oxygen atoms in total. The number of carbonyl (C=O) groups excluding carboxylic acids is 4. The summed E-state index contributed by atoms with van der Waals surface area (Å²) in [7, 11) is 2.66. The average Bonchev–Trinajstić information content (AvgIpc) is 3.29. The molecule has 4 heterocycles. The highest BCUT2D eigenvalue weighted by Gasteiger charge is 2.27. The summed E-state index contributed by atoms with van der Waals surface area (Å²) in [6.45, 7) is 12.6. The quantitative estimate of drug-likeness (QED) is 0.146. The van der Waals surface area contributed by atoms with Crippen LogP contribution < -0.4 is 10.2 Å². The Morgan fingerprint density at radius 3 is 1.54 bits per heavy atom. The van der Waals surface area contributed by atoms with E-state index in [-0.39, 0.29) is 36.2 Å². The van der Waals surface area contributed by atoms with Gasteiger partial charge in [0.15, 0.2) is 0 Å². The highest BCUT2D eigenvalue weighted by atomic mass is 79.9. The number of nitrogens with zero attached hydrogens (tertiary/aromatic N) is 7. The van der Waals surface area contributed by atoms with Crippen LogP contribution in [0.1, 0.15) is 46.0 Å².